The highest BCUT2D eigenvalue weighted by Crippen LogP contribution is 2.27. The molecule has 0 amide bonds. The fourth-order valence-corrected chi connectivity index (χ4v) is 2.29. The number of hydrogen-bond donors (Lipinski definition) is 3. The minimum absolute atomic E-state index is 0.619. The highest BCUT2D eigenvalue weighted by molar-refractivity contribution is 5.81. The summed E-state index contributed by atoms with van der Waals surface area (Å²) in [5, 5.41) is 10.8. The maximum absolute atomic E-state index is 4.41. The normalized spacial score (nSPS) is 15.0. The second-order valence-electron chi connectivity index (χ2n) is 5.14. The van der Waals surface area contributed by atoms with E-state index in [-0.39, 0.29) is 0 Å². The summed E-state index contributed by atoms with van der Waals surface area (Å²) in [6.07, 6.45) is 2.50. The van der Waals surface area contributed by atoms with Crippen molar-refractivity contribution < 1.29 is 0 Å². The van der Waals surface area contributed by atoms with Gasteiger partial charge in [0.1, 0.15) is 11.6 Å². The lowest BCUT2D eigenvalue weighted by Gasteiger charge is -1.97. The van der Waals surface area contributed by atoms with Crippen molar-refractivity contribution in [1.29, 1.82) is 0 Å². The molecule has 5 nitrogen and oxygen atoms in total. The predicted octanol–water partition coefficient (Wildman–Crippen LogP) is 2.84. The fraction of sp³-hybridized carbons (Fsp3) is 0.286. The average molecular weight is 253 g/mol. The standard InChI is InChI=1S/C14H15N5/c1-8-15-11-5-2-9(6-13(11)16-8)12-7-14(19-18-12)17-10-3-4-10/h2,5-7,10H,3-4H2,1H3,(H,15,16)(H2,17,18,19). The van der Waals surface area contributed by atoms with Gasteiger partial charge in [0.15, 0.2) is 0 Å². The zero-order valence-electron chi connectivity index (χ0n) is 10.7. The molecule has 1 aliphatic rings. The highest BCUT2D eigenvalue weighted by Gasteiger charge is 2.21. The van der Waals surface area contributed by atoms with Gasteiger partial charge in [-0.3, -0.25) is 5.10 Å². The van der Waals surface area contributed by atoms with Gasteiger partial charge in [0.25, 0.3) is 0 Å². The molecular formula is C14H15N5. The molecule has 0 radical (unpaired) electrons. The molecule has 0 spiro atoms. The Morgan fingerprint density at radius 3 is 3.00 bits per heavy atom. The van der Waals surface area contributed by atoms with Crippen molar-refractivity contribution in [3.05, 3.63) is 30.1 Å². The van der Waals surface area contributed by atoms with Crippen LogP contribution in [0.3, 0.4) is 0 Å². The molecule has 2 aromatic heterocycles. The van der Waals surface area contributed by atoms with Crippen LogP contribution in [0.1, 0.15) is 18.7 Å². The lowest BCUT2D eigenvalue weighted by atomic mass is 10.1. The van der Waals surface area contributed by atoms with Gasteiger partial charge in [-0.2, -0.15) is 5.10 Å². The third kappa shape index (κ3) is 1.97. The molecule has 5 heteroatoms. The second kappa shape index (κ2) is 3.85. The van der Waals surface area contributed by atoms with Crippen LogP contribution in [0, 0.1) is 6.92 Å². The smallest absolute Gasteiger partial charge is 0.148 e. The summed E-state index contributed by atoms with van der Waals surface area (Å²) in [6, 6.07) is 8.88. The lowest BCUT2D eigenvalue weighted by molar-refractivity contribution is 1.05. The largest absolute Gasteiger partial charge is 0.366 e. The molecule has 2 heterocycles. The molecule has 0 aliphatic heterocycles. The molecule has 1 saturated carbocycles. The van der Waals surface area contributed by atoms with Crippen LogP contribution >= 0.6 is 0 Å². The zero-order valence-corrected chi connectivity index (χ0v) is 10.7. The van der Waals surface area contributed by atoms with Gasteiger partial charge in [0.2, 0.25) is 0 Å². The summed E-state index contributed by atoms with van der Waals surface area (Å²) in [4.78, 5) is 7.66. The Morgan fingerprint density at radius 1 is 1.26 bits per heavy atom. The van der Waals surface area contributed by atoms with Crippen LogP contribution in [-0.2, 0) is 0 Å². The van der Waals surface area contributed by atoms with Crippen LogP contribution in [0.5, 0.6) is 0 Å². The van der Waals surface area contributed by atoms with Gasteiger partial charge < -0.3 is 10.3 Å². The Labute approximate surface area is 110 Å². The monoisotopic (exact) mass is 253 g/mol. The number of anilines is 1. The number of fused-ring (bicyclic) bond motifs is 1. The molecular weight excluding hydrogens is 238 g/mol. The first kappa shape index (κ1) is 10.6. The van der Waals surface area contributed by atoms with Crippen LogP contribution in [0.4, 0.5) is 5.82 Å². The first-order valence-corrected chi connectivity index (χ1v) is 6.56. The number of H-pyrrole nitrogens is 2. The molecule has 3 N–H and O–H groups in total. The number of hydrogen-bond acceptors (Lipinski definition) is 3. The van der Waals surface area contributed by atoms with Crippen molar-refractivity contribution in [2.75, 3.05) is 5.32 Å². The van der Waals surface area contributed by atoms with Gasteiger partial charge in [-0.15, -0.1) is 0 Å². The van der Waals surface area contributed by atoms with E-state index >= 15 is 0 Å². The molecule has 3 aromatic rings. The molecule has 1 aliphatic carbocycles. The summed E-state index contributed by atoms with van der Waals surface area (Å²) in [5.41, 5.74) is 4.20. The zero-order chi connectivity index (χ0) is 12.8. The lowest BCUT2D eigenvalue weighted by Crippen LogP contribution is -2.00. The number of imidazole rings is 1. The number of benzene rings is 1. The molecule has 96 valence electrons. The van der Waals surface area contributed by atoms with Gasteiger partial charge in [-0.25, -0.2) is 4.98 Å². The van der Waals surface area contributed by atoms with Crippen molar-refractivity contribution in [3.63, 3.8) is 0 Å². The number of aryl methyl sites for hydroxylation is 1. The molecule has 4 rings (SSSR count). The topological polar surface area (TPSA) is 69.4 Å². The summed E-state index contributed by atoms with van der Waals surface area (Å²) in [7, 11) is 0. The van der Waals surface area contributed by atoms with Gasteiger partial charge in [-0.1, -0.05) is 6.07 Å². The first-order valence-electron chi connectivity index (χ1n) is 6.56. The van der Waals surface area contributed by atoms with E-state index in [0.717, 1.165) is 33.9 Å². The number of aromatic nitrogens is 4. The number of nitrogens with one attached hydrogen (secondary N) is 3. The molecule has 1 aromatic carbocycles. The van der Waals surface area contributed by atoms with Crippen LogP contribution < -0.4 is 5.32 Å². The molecule has 0 unspecified atom stereocenters. The van der Waals surface area contributed by atoms with E-state index in [1.54, 1.807) is 0 Å². The Kier molecular flexibility index (Phi) is 2.15. The fourth-order valence-electron chi connectivity index (χ4n) is 2.29. The van der Waals surface area contributed by atoms with Gasteiger partial charge in [0, 0.05) is 17.7 Å². The number of nitrogens with zero attached hydrogens (tertiary/aromatic N) is 2. The van der Waals surface area contributed by atoms with Crippen LogP contribution in [-0.4, -0.2) is 26.2 Å². The quantitative estimate of drug-likeness (QED) is 0.672. The van der Waals surface area contributed by atoms with Crippen LogP contribution in [0.2, 0.25) is 0 Å². The van der Waals surface area contributed by atoms with E-state index < -0.39 is 0 Å². The van der Waals surface area contributed by atoms with E-state index in [0.29, 0.717) is 6.04 Å². The van der Waals surface area contributed by atoms with E-state index in [1.807, 2.05) is 13.0 Å². The molecule has 1 fully saturated rings. The molecule has 0 saturated heterocycles. The highest BCUT2D eigenvalue weighted by atomic mass is 15.2. The van der Waals surface area contributed by atoms with E-state index in [1.165, 1.54) is 12.8 Å². The molecule has 0 bridgehead atoms. The Bertz CT molecular complexity index is 735. The van der Waals surface area contributed by atoms with Crippen molar-refractivity contribution in [1.82, 2.24) is 20.2 Å². The summed E-state index contributed by atoms with van der Waals surface area (Å²) in [6.45, 7) is 1.97. The van der Waals surface area contributed by atoms with Crippen LogP contribution in [0.15, 0.2) is 24.3 Å². The van der Waals surface area contributed by atoms with E-state index in [9.17, 15) is 0 Å². The Balaban J connectivity index is 1.69. The third-order valence-electron chi connectivity index (χ3n) is 3.42. The average Bonchev–Trinajstić information content (AvgIpc) is 2.94. The first-order chi connectivity index (χ1) is 9.28. The Hall–Kier alpha value is -2.30. The predicted molar refractivity (Wildman–Crippen MR) is 75.1 cm³/mol. The second-order valence-corrected chi connectivity index (χ2v) is 5.14. The van der Waals surface area contributed by atoms with E-state index in [2.05, 4.69) is 43.7 Å². The summed E-state index contributed by atoms with van der Waals surface area (Å²) in [5.74, 6) is 1.87. The minimum atomic E-state index is 0.619. The maximum atomic E-state index is 4.41. The SMILES string of the molecule is Cc1nc2ccc(-c3cc(NC4CC4)n[nH]3)cc2[nH]1. The maximum Gasteiger partial charge on any atom is 0.148 e. The van der Waals surface area contributed by atoms with Gasteiger partial charge >= 0.3 is 0 Å². The number of aromatic amines is 2. The third-order valence-corrected chi connectivity index (χ3v) is 3.42. The van der Waals surface area contributed by atoms with Crippen LogP contribution in [0.25, 0.3) is 22.3 Å². The summed E-state index contributed by atoms with van der Waals surface area (Å²) >= 11 is 0. The van der Waals surface area contributed by atoms with Crippen molar-refractivity contribution >= 4 is 16.9 Å². The van der Waals surface area contributed by atoms with Gasteiger partial charge in [0.05, 0.1) is 16.7 Å². The number of rotatable bonds is 3. The summed E-state index contributed by atoms with van der Waals surface area (Å²) < 4.78 is 0. The van der Waals surface area contributed by atoms with Gasteiger partial charge in [-0.05, 0) is 31.9 Å². The molecule has 0 atom stereocenters. The van der Waals surface area contributed by atoms with Crippen molar-refractivity contribution in [2.24, 2.45) is 0 Å². The van der Waals surface area contributed by atoms with E-state index in [4.69, 9.17) is 0 Å². The minimum Gasteiger partial charge on any atom is -0.366 e. The Morgan fingerprint density at radius 2 is 2.16 bits per heavy atom. The van der Waals surface area contributed by atoms with Crippen molar-refractivity contribution in [3.8, 4) is 11.3 Å². The molecule has 19 heavy (non-hydrogen) atoms. The van der Waals surface area contributed by atoms with Crippen molar-refractivity contribution in [2.45, 2.75) is 25.8 Å².